The molecule has 6 rings (SSSR count). The van der Waals surface area contributed by atoms with Gasteiger partial charge in [-0.2, -0.15) is 5.10 Å². The fourth-order valence-corrected chi connectivity index (χ4v) is 5.55. The number of aromatic nitrogens is 3. The Hall–Kier alpha value is -3.88. The molecule has 9 nitrogen and oxygen atoms in total. The van der Waals surface area contributed by atoms with Gasteiger partial charge in [-0.3, -0.25) is 14.3 Å². The Morgan fingerprint density at radius 1 is 1.14 bits per heavy atom. The number of hydrogen-bond acceptors (Lipinski definition) is 6. The molecule has 3 saturated carbocycles. The largest absolute Gasteiger partial charge is 0.494 e. The second-order valence-corrected chi connectivity index (χ2v) is 10.2. The van der Waals surface area contributed by atoms with Crippen molar-refractivity contribution in [1.29, 1.82) is 0 Å². The van der Waals surface area contributed by atoms with Crippen LogP contribution >= 0.6 is 0 Å². The molecule has 1 aromatic carbocycles. The molecule has 2 aromatic heterocycles. The molecule has 0 bridgehead atoms. The van der Waals surface area contributed by atoms with Gasteiger partial charge in [0.05, 0.1) is 36.3 Å². The molecule has 0 aliphatic heterocycles. The first-order valence-corrected chi connectivity index (χ1v) is 12.6. The lowest BCUT2D eigenvalue weighted by molar-refractivity contribution is -0.117. The maximum absolute atomic E-state index is 12.2. The molecular weight excluding hydrogens is 456 g/mol. The normalized spacial score (nSPS) is 19.8. The molecule has 0 unspecified atom stereocenters. The van der Waals surface area contributed by atoms with Gasteiger partial charge in [0.15, 0.2) is 0 Å². The summed E-state index contributed by atoms with van der Waals surface area (Å²) < 4.78 is 7.96. The minimum atomic E-state index is -0.618. The third-order valence-electron chi connectivity index (χ3n) is 7.84. The molecule has 3 aliphatic rings. The molecule has 9 heteroatoms. The Morgan fingerprint density at radius 2 is 1.97 bits per heavy atom. The number of rotatable bonds is 8. The van der Waals surface area contributed by atoms with Crippen molar-refractivity contribution in [2.24, 2.45) is 17.1 Å². The minimum absolute atomic E-state index is 0.0377. The number of para-hydroxylation sites is 1. The van der Waals surface area contributed by atoms with Crippen LogP contribution in [-0.2, 0) is 4.79 Å². The summed E-state index contributed by atoms with van der Waals surface area (Å²) in [5, 5.41) is 10.8. The van der Waals surface area contributed by atoms with E-state index in [1.807, 2.05) is 24.4 Å². The highest BCUT2D eigenvalue weighted by molar-refractivity contribution is 6.01. The zero-order chi connectivity index (χ0) is 24.9. The molecular formula is C27H30N6O3. The smallest absolute Gasteiger partial charge is 0.252 e. The van der Waals surface area contributed by atoms with Gasteiger partial charge in [-0.05, 0) is 50.0 Å². The monoisotopic (exact) mass is 486 g/mol. The second kappa shape index (κ2) is 8.65. The number of hydrogen-bond donors (Lipinski definition) is 3. The van der Waals surface area contributed by atoms with Crippen molar-refractivity contribution in [3.8, 4) is 16.9 Å². The molecule has 36 heavy (non-hydrogen) atoms. The third-order valence-corrected chi connectivity index (χ3v) is 7.84. The molecule has 3 aromatic rings. The van der Waals surface area contributed by atoms with Crippen LogP contribution in [0.1, 0.15) is 61.3 Å². The summed E-state index contributed by atoms with van der Waals surface area (Å²) in [6.07, 6.45) is 13.5. The van der Waals surface area contributed by atoms with Gasteiger partial charge in [0.1, 0.15) is 11.6 Å². The number of primary amides is 1. The van der Waals surface area contributed by atoms with E-state index in [0.29, 0.717) is 34.4 Å². The first-order chi connectivity index (χ1) is 17.5. The Kier molecular flexibility index (Phi) is 5.43. The van der Waals surface area contributed by atoms with E-state index < -0.39 is 5.91 Å². The lowest BCUT2D eigenvalue weighted by atomic mass is 10.0. The van der Waals surface area contributed by atoms with Crippen LogP contribution in [0.5, 0.6) is 5.75 Å². The van der Waals surface area contributed by atoms with E-state index in [4.69, 9.17) is 15.6 Å². The molecule has 3 fully saturated rings. The first-order valence-electron chi connectivity index (χ1n) is 12.6. The summed E-state index contributed by atoms with van der Waals surface area (Å²) in [7, 11) is 1.62. The zero-order valence-electron chi connectivity index (χ0n) is 20.3. The summed E-state index contributed by atoms with van der Waals surface area (Å²) >= 11 is 0. The van der Waals surface area contributed by atoms with Crippen molar-refractivity contribution in [2.45, 2.75) is 51.0 Å². The number of nitrogens with one attached hydrogen (secondary N) is 2. The molecule has 2 amide bonds. The van der Waals surface area contributed by atoms with Gasteiger partial charge >= 0.3 is 0 Å². The molecule has 4 N–H and O–H groups in total. The number of benzene rings is 1. The van der Waals surface area contributed by atoms with Crippen molar-refractivity contribution in [1.82, 2.24) is 14.8 Å². The Labute approximate surface area is 209 Å². The molecule has 0 radical (unpaired) electrons. The van der Waals surface area contributed by atoms with E-state index >= 15 is 0 Å². The summed E-state index contributed by atoms with van der Waals surface area (Å²) in [5.41, 5.74) is 9.26. The summed E-state index contributed by atoms with van der Waals surface area (Å²) in [6.45, 7) is 0. The van der Waals surface area contributed by atoms with Gasteiger partial charge in [-0.1, -0.05) is 18.6 Å². The van der Waals surface area contributed by atoms with Crippen LogP contribution in [0, 0.1) is 11.3 Å². The number of pyridine rings is 1. The van der Waals surface area contributed by atoms with Gasteiger partial charge < -0.3 is 21.1 Å². The van der Waals surface area contributed by atoms with Gasteiger partial charge in [0, 0.05) is 35.5 Å². The molecule has 3 aliphatic carbocycles. The number of carbonyl (C=O) groups excluding carboxylic acids is 2. The van der Waals surface area contributed by atoms with Crippen molar-refractivity contribution >= 4 is 29.0 Å². The van der Waals surface area contributed by atoms with Crippen LogP contribution in [0.2, 0.25) is 0 Å². The topological polar surface area (TPSA) is 124 Å². The van der Waals surface area contributed by atoms with Crippen molar-refractivity contribution in [2.75, 3.05) is 17.7 Å². The van der Waals surface area contributed by atoms with E-state index in [9.17, 15) is 9.59 Å². The summed E-state index contributed by atoms with van der Waals surface area (Å²) in [4.78, 5) is 28.5. The SMILES string of the molecule is COc1c(Nc2cc(NC(=O)C3CC3)ncc2C(N)=O)cccc1-c1cnn([C@@H]2CCCC23CC3)c1. The summed E-state index contributed by atoms with van der Waals surface area (Å²) in [6, 6.07) is 7.89. The van der Waals surface area contributed by atoms with Crippen molar-refractivity contribution < 1.29 is 14.3 Å². The molecule has 1 spiro atoms. The number of methoxy groups -OCH3 is 1. The number of carbonyl (C=O) groups is 2. The molecule has 1 atom stereocenters. The van der Waals surface area contributed by atoms with E-state index in [0.717, 1.165) is 24.0 Å². The van der Waals surface area contributed by atoms with Gasteiger partial charge in [-0.15, -0.1) is 0 Å². The Bertz CT molecular complexity index is 1340. The van der Waals surface area contributed by atoms with Crippen LogP contribution < -0.4 is 21.1 Å². The number of ether oxygens (including phenoxy) is 1. The molecule has 2 heterocycles. The van der Waals surface area contributed by atoms with Crippen LogP contribution in [-0.4, -0.2) is 33.7 Å². The lowest BCUT2D eigenvalue weighted by Gasteiger charge is -2.19. The second-order valence-electron chi connectivity index (χ2n) is 10.2. The van der Waals surface area contributed by atoms with Gasteiger partial charge in [-0.25, -0.2) is 4.98 Å². The maximum atomic E-state index is 12.2. The molecule has 0 saturated heterocycles. The van der Waals surface area contributed by atoms with Gasteiger partial charge in [0.2, 0.25) is 5.91 Å². The maximum Gasteiger partial charge on any atom is 0.252 e. The van der Waals surface area contributed by atoms with Crippen LogP contribution in [0.3, 0.4) is 0 Å². The van der Waals surface area contributed by atoms with Crippen LogP contribution in [0.25, 0.3) is 11.1 Å². The Morgan fingerprint density at radius 3 is 2.69 bits per heavy atom. The van der Waals surface area contributed by atoms with E-state index in [-0.39, 0.29) is 17.4 Å². The quantitative estimate of drug-likeness (QED) is 0.426. The first kappa shape index (κ1) is 22.6. The van der Waals surface area contributed by atoms with Crippen molar-refractivity contribution in [3.05, 3.63) is 48.4 Å². The number of amides is 2. The predicted octanol–water partition coefficient (Wildman–Crippen LogP) is 4.65. The highest BCUT2D eigenvalue weighted by Crippen LogP contribution is 2.63. The fourth-order valence-electron chi connectivity index (χ4n) is 5.55. The number of anilines is 3. The fraction of sp³-hybridized carbons (Fsp3) is 0.407. The third kappa shape index (κ3) is 4.08. The Balaban J connectivity index is 1.31. The predicted molar refractivity (Wildman–Crippen MR) is 136 cm³/mol. The highest BCUT2D eigenvalue weighted by Gasteiger charge is 2.53. The average molecular weight is 487 g/mol. The molecule has 186 valence electrons. The van der Waals surface area contributed by atoms with Crippen molar-refractivity contribution in [3.63, 3.8) is 0 Å². The van der Waals surface area contributed by atoms with Crippen LogP contribution in [0.15, 0.2) is 42.9 Å². The number of nitrogens with zero attached hydrogens (tertiary/aromatic N) is 3. The number of nitrogens with two attached hydrogens (primary N) is 1. The van der Waals surface area contributed by atoms with E-state index in [2.05, 4.69) is 26.5 Å². The average Bonchev–Trinajstić information content (AvgIpc) is 3.76. The van der Waals surface area contributed by atoms with Gasteiger partial charge in [0.25, 0.3) is 5.91 Å². The summed E-state index contributed by atoms with van der Waals surface area (Å²) in [5.74, 6) is 0.344. The van der Waals surface area contributed by atoms with E-state index in [1.54, 1.807) is 13.2 Å². The zero-order valence-corrected chi connectivity index (χ0v) is 20.3. The standard InChI is InChI=1S/C27H30N6O3/c1-36-24-18(17-13-30-33(15-17)22-6-3-9-27(22)10-11-27)4-2-5-20(24)31-21-12-23(29-14-19(21)25(28)34)32-26(35)16-7-8-16/h2,4-5,12-16,22H,3,6-11H2,1H3,(H2,28,34)(H2,29,31,32,35)/t22-/m1/s1. The van der Waals surface area contributed by atoms with E-state index in [1.165, 1.54) is 38.3 Å². The lowest BCUT2D eigenvalue weighted by Crippen LogP contribution is -2.17. The minimum Gasteiger partial charge on any atom is -0.494 e. The van der Waals surface area contributed by atoms with Crippen LogP contribution in [0.4, 0.5) is 17.2 Å². The highest BCUT2D eigenvalue weighted by atomic mass is 16.5.